The summed E-state index contributed by atoms with van der Waals surface area (Å²) in [6, 6.07) is 13.3. The smallest absolute Gasteiger partial charge is 0.407 e. The first-order chi connectivity index (χ1) is 19.1. The SMILES string of the molecule is CC(C)(CCCOCCN1C(=O)c2ccccc2C1=O)N(CCOCCN1C(=O)c2ccccc2C1=O)C(=O)O. The maximum Gasteiger partial charge on any atom is 0.407 e. The van der Waals surface area contributed by atoms with Crippen molar-refractivity contribution in [1.29, 1.82) is 0 Å². The van der Waals surface area contributed by atoms with Crippen molar-refractivity contribution < 1.29 is 38.6 Å². The van der Waals surface area contributed by atoms with E-state index in [1.54, 1.807) is 48.5 Å². The Morgan fingerprint density at radius 2 is 1.12 bits per heavy atom. The molecule has 2 aromatic carbocycles. The standard InChI is InChI=1S/C29H33N3O8/c1-29(2,12-7-16-39-17-13-30-24(33)20-8-3-4-9-21(20)25(30)34)32(28(37)38)15-19-40-18-14-31-26(35)22-10-5-6-11-23(22)27(31)36/h3-6,8-11H,7,12-19H2,1-2H3,(H,37,38). The lowest BCUT2D eigenvalue weighted by molar-refractivity contribution is 0.0376. The Balaban J connectivity index is 1.14. The third kappa shape index (κ3) is 6.05. The minimum absolute atomic E-state index is 0.0842. The topological polar surface area (TPSA) is 134 Å². The monoisotopic (exact) mass is 551 g/mol. The lowest BCUT2D eigenvalue weighted by Gasteiger charge is -2.36. The first kappa shape index (κ1) is 28.9. The van der Waals surface area contributed by atoms with E-state index in [1.807, 2.05) is 13.8 Å². The number of carbonyl (C=O) groups is 5. The number of benzene rings is 2. The highest BCUT2D eigenvalue weighted by molar-refractivity contribution is 6.22. The van der Waals surface area contributed by atoms with Gasteiger partial charge in [-0.15, -0.1) is 0 Å². The molecule has 2 aliphatic rings. The number of ether oxygens (including phenoxy) is 2. The summed E-state index contributed by atoms with van der Waals surface area (Å²) >= 11 is 0. The van der Waals surface area contributed by atoms with Gasteiger partial charge in [0.05, 0.1) is 55.2 Å². The summed E-state index contributed by atoms with van der Waals surface area (Å²) in [7, 11) is 0. The molecule has 0 saturated carbocycles. The van der Waals surface area contributed by atoms with Crippen LogP contribution in [0.3, 0.4) is 0 Å². The molecule has 4 rings (SSSR count). The maximum absolute atomic E-state index is 12.4. The summed E-state index contributed by atoms with van der Waals surface area (Å²) in [5.74, 6) is -1.37. The van der Waals surface area contributed by atoms with Crippen molar-refractivity contribution in [2.75, 3.05) is 46.1 Å². The molecule has 0 aliphatic carbocycles. The van der Waals surface area contributed by atoms with E-state index in [-0.39, 0.29) is 63.1 Å². The largest absolute Gasteiger partial charge is 0.465 e. The van der Waals surface area contributed by atoms with E-state index in [2.05, 4.69) is 0 Å². The van der Waals surface area contributed by atoms with Gasteiger partial charge in [0.1, 0.15) is 0 Å². The molecule has 2 heterocycles. The van der Waals surface area contributed by atoms with Crippen molar-refractivity contribution in [2.24, 2.45) is 0 Å². The molecule has 11 nitrogen and oxygen atoms in total. The van der Waals surface area contributed by atoms with Crippen molar-refractivity contribution in [3.05, 3.63) is 70.8 Å². The summed E-state index contributed by atoms with van der Waals surface area (Å²) in [6.07, 6.45) is 0.00130. The number of amides is 5. The van der Waals surface area contributed by atoms with E-state index in [4.69, 9.17) is 9.47 Å². The Morgan fingerprint density at radius 3 is 1.52 bits per heavy atom. The van der Waals surface area contributed by atoms with Gasteiger partial charge in [-0.25, -0.2) is 4.79 Å². The Morgan fingerprint density at radius 1 is 0.725 bits per heavy atom. The highest BCUT2D eigenvalue weighted by Gasteiger charge is 2.36. The summed E-state index contributed by atoms with van der Waals surface area (Å²) in [6.45, 7) is 4.72. The Kier molecular flexibility index (Phi) is 8.96. The minimum Gasteiger partial charge on any atom is -0.465 e. The fourth-order valence-electron chi connectivity index (χ4n) is 4.96. The molecule has 2 aliphatic heterocycles. The molecule has 0 unspecified atom stereocenters. The van der Waals surface area contributed by atoms with Crippen LogP contribution in [0.1, 0.15) is 68.1 Å². The van der Waals surface area contributed by atoms with Crippen molar-refractivity contribution >= 4 is 29.7 Å². The van der Waals surface area contributed by atoms with Gasteiger partial charge in [0, 0.05) is 18.7 Å². The quantitative estimate of drug-likeness (QED) is 0.280. The molecule has 0 aromatic heterocycles. The molecule has 0 atom stereocenters. The summed E-state index contributed by atoms with van der Waals surface area (Å²) < 4.78 is 11.2. The highest BCUT2D eigenvalue weighted by Crippen LogP contribution is 2.24. The van der Waals surface area contributed by atoms with Crippen LogP contribution in [0.2, 0.25) is 0 Å². The lowest BCUT2D eigenvalue weighted by atomic mass is 9.96. The van der Waals surface area contributed by atoms with E-state index < -0.39 is 11.6 Å². The zero-order valence-corrected chi connectivity index (χ0v) is 22.6. The number of imide groups is 2. The fraction of sp³-hybridized carbons (Fsp3) is 0.414. The number of rotatable bonds is 14. The van der Waals surface area contributed by atoms with Gasteiger partial charge in [-0.3, -0.25) is 29.0 Å². The van der Waals surface area contributed by atoms with Gasteiger partial charge in [0.15, 0.2) is 0 Å². The van der Waals surface area contributed by atoms with Crippen LogP contribution in [0.4, 0.5) is 4.79 Å². The summed E-state index contributed by atoms with van der Waals surface area (Å²) in [5.41, 5.74) is 0.841. The zero-order valence-electron chi connectivity index (χ0n) is 22.6. The number of carboxylic acid groups (broad SMARTS) is 1. The molecule has 5 amide bonds. The molecule has 1 N–H and O–H groups in total. The predicted molar refractivity (Wildman–Crippen MR) is 143 cm³/mol. The molecule has 11 heteroatoms. The molecule has 212 valence electrons. The van der Waals surface area contributed by atoms with Crippen LogP contribution in [-0.2, 0) is 9.47 Å². The normalized spacial score (nSPS) is 14.7. The van der Waals surface area contributed by atoms with Crippen molar-refractivity contribution in [2.45, 2.75) is 32.2 Å². The fourth-order valence-corrected chi connectivity index (χ4v) is 4.96. The van der Waals surface area contributed by atoms with E-state index in [1.165, 1.54) is 9.80 Å². The van der Waals surface area contributed by atoms with Gasteiger partial charge >= 0.3 is 6.09 Å². The van der Waals surface area contributed by atoms with Crippen LogP contribution in [0.5, 0.6) is 0 Å². The van der Waals surface area contributed by atoms with Gasteiger partial charge in [-0.2, -0.15) is 0 Å². The van der Waals surface area contributed by atoms with Crippen LogP contribution in [-0.4, -0.2) is 101 Å². The molecule has 0 spiro atoms. The average molecular weight is 552 g/mol. The molecule has 2 aromatic rings. The minimum atomic E-state index is -1.08. The molecular formula is C29H33N3O8. The van der Waals surface area contributed by atoms with E-state index in [0.717, 1.165) is 4.90 Å². The van der Waals surface area contributed by atoms with Gasteiger partial charge in [-0.05, 0) is 51.0 Å². The molecule has 40 heavy (non-hydrogen) atoms. The van der Waals surface area contributed by atoms with E-state index in [0.29, 0.717) is 41.7 Å². The van der Waals surface area contributed by atoms with Gasteiger partial charge < -0.3 is 19.5 Å². The Bertz CT molecular complexity index is 1240. The second kappa shape index (κ2) is 12.4. The lowest BCUT2D eigenvalue weighted by Crippen LogP contribution is -2.49. The van der Waals surface area contributed by atoms with E-state index in [9.17, 15) is 29.1 Å². The summed E-state index contributed by atoms with van der Waals surface area (Å²) in [4.78, 5) is 65.2. The molecule has 0 radical (unpaired) electrons. The van der Waals surface area contributed by atoms with E-state index >= 15 is 0 Å². The number of fused-ring (bicyclic) bond motifs is 2. The zero-order chi connectivity index (χ0) is 28.9. The highest BCUT2D eigenvalue weighted by atomic mass is 16.5. The van der Waals surface area contributed by atoms with Crippen LogP contribution >= 0.6 is 0 Å². The predicted octanol–water partition coefficient (Wildman–Crippen LogP) is 3.15. The number of nitrogens with zero attached hydrogens (tertiary/aromatic N) is 3. The van der Waals surface area contributed by atoms with Gasteiger partial charge in [0.2, 0.25) is 0 Å². The second-order valence-electron chi connectivity index (χ2n) is 10.2. The third-order valence-electron chi connectivity index (χ3n) is 7.17. The first-order valence-corrected chi connectivity index (χ1v) is 13.2. The Hall–Kier alpha value is -4.09. The molecule has 0 bridgehead atoms. The molecule has 0 saturated heterocycles. The van der Waals surface area contributed by atoms with Crippen LogP contribution < -0.4 is 0 Å². The number of hydrogen-bond acceptors (Lipinski definition) is 7. The first-order valence-electron chi connectivity index (χ1n) is 13.2. The van der Waals surface area contributed by atoms with Crippen molar-refractivity contribution in [1.82, 2.24) is 14.7 Å². The van der Waals surface area contributed by atoms with Gasteiger partial charge in [-0.1, -0.05) is 24.3 Å². The van der Waals surface area contributed by atoms with Crippen molar-refractivity contribution in [3.63, 3.8) is 0 Å². The van der Waals surface area contributed by atoms with Gasteiger partial charge in [0.25, 0.3) is 23.6 Å². The Labute approximate surface area is 232 Å². The maximum atomic E-state index is 12.4. The van der Waals surface area contributed by atoms with Crippen LogP contribution in [0.15, 0.2) is 48.5 Å². The van der Waals surface area contributed by atoms with Crippen molar-refractivity contribution in [3.8, 4) is 0 Å². The third-order valence-corrected chi connectivity index (χ3v) is 7.17. The second-order valence-corrected chi connectivity index (χ2v) is 10.2. The number of carbonyl (C=O) groups excluding carboxylic acids is 4. The molecule has 0 fully saturated rings. The average Bonchev–Trinajstić information content (AvgIpc) is 3.32. The number of hydrogen-bond donors (Lipinski definition) is 1. The van der Waals surface area contributed by atoms with Crippen LogP contribution in [0, 0.1) is 0 Å². The summed E-state index contributed by atoms with van der Waals surface area (Å²) in [5, 5.41) is 9.77. The van der Waals surface area contributed by atoms with Crippen LogP contribution in [0.25, 0.3) is 0 Å². The molecular weight excluding hydrogens is 518 g/mol.